The molecule has 0 saturated carbocycles. The van der Waals surface area contributed by atoms with Gasteiger partial charge in [-0.1, -0.05) is 22.9 Å². The Bertz CT molecular complexity index is 1270. The number of anilines is 2. The van der Waals surface area contributed by atoms with Crippen LogP contribution in [0.2, 0.25) is 5.02 Å². The fraction of sp³-hybridized carbons (Fsp3) is 0.318. The van der Waals surface area contributed by atoms with E-state index in [2.05, 4.69) is 32.1 Å². The molecule has 6 nitrogen and oxygen atoms in total. The molecule has 31 heavy (non-hydrogen) atoms. The number of thiazole rings is 1. The van der Waals surface area contributed by atoms with Crippen LogP contribution >= 0.6 is 22.9 Å². The number of nitrogens with zero attached hydrogens (tertiary/aromatic N) is 4. The third-order valence-electron chi connectivity index (χ3n) is 5.79. The smallest absolute Gasteiger partial charge is 0.181 e. The Hall–Kier alpha value is -2.55. The number of halogens is 2. The molecular weight excluding hydrogens is 435 g/mol. The van der Waals surface area contributed by atoms with Crippen LogP contribution < -0.4 is 16.0 Å². The first-order valence-corrected chi connectivity index (χ1v) is 11.5. The third kappa shape index (κ3) is 3.69. The van der Waals surface area contributed by atoms with Gasteiger partial charge in [0.25, 0.3) is 0 Å². The maximum Gasteiger partial charge on any atom is 0.181 e. The van der Waals surface area contributed by atoms with Crippen LogP contribution in [0, 0.1) is 5.82 Å². The summed E-state index contributed by atoms with van der Waals surface area (Å²) in [5.74, 6) is 0.533. The molecule has 1 atom stereocenters. The van der Waals surface area contributed by atoms with Crippen LogP contribution in [0.25, 0.3) is 32.2 Å². The summed E-state index contributed by atoms with van der Waals surface area (Å²) >= 11 is 7.87. The topological polar surface area (TPSA) is 80.0 Å². The van der Waals surface area contributed by atoms with Crippen LogP contribution in [0.4, 0.5) is 15.3 Å². The van der Waals surface area contributed by atoms with E-state index >= 15 is 0 Å². The minimum Gasteiger partial charge on any atom is -0.375 e. The predicted molar refractivity (Wildman–Crippen MR) is 126 cm³/mol. The molecule has 1 aliphatic rings. The van der Waals surface area contributed by atoms with Gasteiger partial charge in [-0.05, 0) is 50.6 Å². The van der Waals surface area contributed by atoms with Gasteiger partial charge in [-0.25, -0.2) is 19.3 Å². The lowest BCUT2D eigenvalue weighted by Gasteiger charge is -2.26. The van der Waals surface area contributed by atoms with Gasteiger partial charge in [0, 0.05) is 40.7 Å². The number of benzene rings is 2. The molecule has 1 saturated heterocycles. The summed E-state index contributed by atoms with van der Waals surface area (Å²) in [6, 6.07) is 7.40. The molecule has 2 aromatic carbocycles. The molecule has 9 heteroatoms. The number of rotatable bonds is 5. The normalized spacial score (nSPS) is 16.4. The summed E-state index contributed by atoms with van der Waals surface area (Å²) in [5, 5.41) is 5.30. The maximum atomic E-state index is 14.2. The summed E-state index contributed by atoms with van der Waals surface area (Å²) in [4.78, 5) is 15.7. The fourth-order valence-corrected chi connectivity index (χ4v) is 5.30. The Morgan fingerprint density at radius 1 is 1.29 bits per heavy atom. The molecule has 2 aromatic heterocycles. The second kappa shape index (κ2) is 8.18. The minimum atomic E-state index is -0.339. The Kier molecular flexibility index (Phi) is 5.37. The number of hydrogen-bond acceptors (Lipinski definition) is 7. The Labute approximate surface area is 188 Å². The van der Waals surface area contributed by atoms with E-state index in [1.807, 2.05) is 12.1 Å². The lowest BCUT2D eigenvalue weighted by Crippen LogP contribution is -2.38. The first kappa shape index (κ1) is 20.4. The van der Waals surface area contributed by atoms with Crippen molar-refractivity contribution in [1.29, 1.82) is 0 Å². The molecule has 160 valence electrons. The van der Waals surface area contributed by atoms with Crippen molar-refractivity contribution in [2.45, 2.75) is 25.8 Å². The first-order valence-electron chi connectivity index (χ1n) is 10.3. The molecule has 0 spiro atoms. The molecule has 0 amide bonds. The van der Waals surface area contributed by atoms with E-state index in [1.54, 1.807) is 12.4 Å². The third-order valence-corrected chi connectivity index (χ3v) is 7.00. The van der Waals surface area contributed by atoms with Crippen molar-refractivity contribution in [2.24, 2.45) is 0 Å². The second-order valence-electron chi connectivity index (χ2n) is 7.70. The van der Waals surface area contributed by atoms with Crippen LogP contribution in [0.3, 0.4) is 0 Å². The summed E-state index contributed by atoms with van der Waals surface area (Å²) in [5.41, 5.74) is 8.62. The molecule has 4 aromatic rings. The molecule has 0 bridgehead atoms. The highest BCUT2D eigenvalue weighted by Gasteiger charge is 2.21. The average Bonchev–Trinajstić information content (AvgIpc) is 3.41. The maximum absolute atomic E-state index is 14.2. The Morgan fingerprint density at radius 3 is 2.94 bits per heavy atom. The van der Waals surface area contributed by atoms with Crippen LogP contribution in [0.1, 0.15) is 19.8 Å². The van der Waals surface area contributed by atoms with Gasteiger partial charge in [0.05, 0.1) is 15.7 Å². The molecule has 3 N–H and O–H groups in total. The van der Waals surface area contributed by atoms with Crippen molar-refractivity contribution in [3.05, 3.63) is 41.4 Å². The van der Waals surface area contributed by atoms with E-state index < -0.39 is 0 Å². The molecule has 1 aliphatic heterocycles. The van der Waals surface area contributed by atoms with E-state index in [9.17, 15) is 4.39 Å². The van der Waals surface area contributed by atoms with E-state index in [4.69, 9.17) is 17.3 Å². The van der Waals surface area contributed by atoms with E-state index in [0.717, 1.165) is 58.8 Å². The quantitative estimate of drug-likeness (QED) is 0.446. The summed E-state index contributed by atoms with van der Waals surface area (Å²) in [7, 11) is 0. The van der Waals surface area contributed by atoms with E-state index in [-0.39, 0.29) is 5.82 Å². The summed E-state index contributed by atoms with van der Waals surface area (Å²) in [6.45, 7) is 4.91. The van der Waals surface area contributed by atoms with Gasteiger partial charge in [0.15, 0.2) is 5.13 Å². The fourth-order valence-electron chi connectivity index (χ4n) is 4.27. The first-order chi connectivity index (χ1) is 15.0. The molecular formula is C22H22ClFN6S. The van der Waals surface area contributed by atoms with Gasteiger partial charge < -0.3 is 16.0 Å². The average molecular weight is 457 g/mol. The van der Waals surface area contributed by atoms with Gasteiger partial charge >= 0.3 is 0 Å². The number of hydrogen-bond donors (Lipinski definition) is 2. The Balaban J connectivity index is 1.62. The molecule has 3 heterocycles. The number of aromatic nitrogens is 3. The van der Waals surface area contributed by atoms with Crippen molar-refractivity contribution < 1.29 is 4.39 Å². The zero-order valence-electron chi connectivity index (χ0n) is 17.0. The predicted octanol–water partition coefficient (Wildman–Crippen LogP) is 4.86. The lowest BCUT2D eigenvalue weighted by atomic mass is 10.0. The van der Waals surface area contributed by atoms with Crippen LogP contribution in [0.15, 0.2) is 30.6 Å². The number of nitrogens with two attached hydrogens (primary N) is 1. The highest BCUT2D eigenvalue weighted by molar-refractivity contribution is 7.22. The Morgan fingerprint density at radius 2 is 2.16 bits per heavy atom. The molecule has 0 aliphatic carbocycles. The summed E-state index contributed by atoms with van der Waals surface area (Å²) < 4.78 is 14.7. The van der Waals surface area contributed by atoms with Gasteiger partial charge in [-0.2, -0.15) is 0 Å². The van der Waals surface area contributed by atoms with Gasteiger partial charge in [-0.15, -0.1) is 0 Å². The number of fused-ring (bicyclic) bond motifs is 2. The van der Waals surface area contributed by atoms with Gasteiger partial charge in [0.1, 0.15) is 18.0 Å². The van der Waals surface area contributed by atoms with E-state index in [0.29, 0.717) is 26.4 Å². The van der Waals surface area contributed by atoms with Gasteiger partial charge in [-0.3, -0.25) is 0 Å². The summed E-state index contributed by atoms with van der Waals surface area (Å²) in [6.07, 6.45) is 3.96. The molecule has 0 radical (unpaired) electrons. The zero-order valence-corrected chi connectivity index (χ0v) is 18.6. The SMILES string of the molecule is CCN(CC1CCCN1)c1ncnc2cc(-c3ccc(F)c4sc(N)nc34)c(Cl)cc12. The molecule has 5 rings (SSSR count). The van der Waals surface area contributed by atoms with Crippen molar-refractivity contribution in [1.82, 2.24) is 20.3 Å². The highest BCUT2D eigenvalue weighted by Crippen LogP contribution is 2.40. The van der Waals surface area contributed by atoms with Gasteiger partial charge in [0.2, 0.25) is 0 Å². The van der Waals surface area contributed by atoms with Crippen molar-refractivity contribution in [3.8, 4) is 11.1 Å². The largest absolute Gasteiger partial charge is 0.375 e. The number of nitrogens with one attached hydrogen (secondary N) is 1. The monoisotopic (exact) mass is 456 g/mol. The standard InChI is InChI=1S/C22H22ClFN6S/c1-2-30(10-12-4-3-7-26-12)21-15-8-16(23)14(9-18(15)27-11-28-21)13-5-6-17(24)20-19(13)29-22(25)31-20/h5-6,8-9,11-12,26H,2-4,7,10H2,1H3,(H2,25,29). The van der Waals surface area contributed by atoms with Crippen molar-refractivity contribution in [2.75, 3.05) is 30.3 Å². The van der Waals surface area contributed by atoms with Crippen LogP contribution in [-0.4, -0.2) is 40.6 Å². The minimum absolute atomic E-state index is 0.321. The van der Waals surface area contributed by atoms with Crippen molar-refractivity contribution in [3.63, 3.8) is 0 Å². The molecule has 1 unspecified atom stereocenters. The molecule has 1 fully saturated rings. The lowest BCUT2D eigenvalue weighted by molar-refractivity contribution is 0.584. The van der Waals surface area contributed by atoms with Crippen LogP contribution in [-0.2, 0) is 0 Å². The number of likely N-dealkylation sites (N-methyl/N-ethyl adjacent to an activating group) is 1. The highest BCUT2D eigenvalue weighted by atomic mass is 35.5. The van der Waals surface area contributed by atoms with Crippen molar-refractivity contribution >= 4 is 55.0 Å². The second-order valence-corrected chi connectivity index (χ2v) is 9.14. The van der Waals surface area contributed by atoms with E-state index in [1.165, 1.54) is 18.9 Å². The van der Waals surface area contributed by atoms with Crippen LogP contribution in [0.5, 0.6) is 0 Å². The zero-order chi connectivity index (χ0) is 21.5. The number of nitrogen functional groups attached to an aromatic ring is 1.